The number of likely N-dealkylation sites (tertiary alicyclic amines) is 1. The number of ether oxygens (including phenoxy) is 1. The molecule has 1 fully saturated rings. The summed E-state index contributed by atoms with van der Waals surface area (Å²) in [5.74, 6) is 0.172. The molecule has 1 saturated heterocycles. The van der Waals surface area contributed by atoms with Crippen LogP contribution in [0, 0.1) is 10.1 Å². The van der Waals surface area contributed by atoms with Gasteiger partial charge in [0.1, 0.15) is 11.5 Å². The highest BCUT2D eigenvalue weighted by atomic mass is 79.9. The molecule has 0 atom stereocenters. The fourth-order valence-electron chi connectivity index (χ4n) is 1.98. The first kappa shape index (κ1) is 15.4. The highest BCUT2D eigenvalue weighted by Crippen LogP contribution is 2.26. The Balaban J connectivity index is 1.95. The number of nitro benzene ring substituents is 1. The summed E-state index contributed by atoms with van der Waals surface area (Å²) in [6.45, 7) is 0.598. The van der Waals surface area contributed by atoms with Crippen molar-refractivity contribution >= 4 is 33.3 Å². The number of carbonyl (C=O) groups is 2. The van der Waals surface area contributed by atoms with Gasteiger partial charge in [-0.1, -0.05) is 15.9 Å². The molecule has 1 aromatic rings. The molecule has 2 rings (SSSR count). The van der Waals surface area contributed by atoms with Gasteiger partial charge in [-0.15, -0.1) is 0 Å². The van der Waals surface area contributed by atoms with Crippen LogP contribution >= 0.6 is 15.9 Å². The van der Waals surface area contributed by atoms with E-state index in [0.29, 0.717) is 30.4 Å². The number of nitro groups is 1. The zero-order valence-corrected chi connectivity index (χ0v) is 12.7. The SMILES string of the molecule is O=C1CCN(C(=O)COc2cc(Br)cc([N+](=O)[O-])c2)CC1. The lowest BCUT2D eigenvalue weighted by Gasteiger charge is -2.25. The van der Waals surface area contributed by atoms with Gasteiger partial charge < -0.3 is 9.64 Å². The van der Waals surface area contributed by atoms with Crippen LogP contribution in [0.25, 0.3) is 0 Å². The van der Waals surface area contributed by atoms with E-state index in [4.69, 9.17) is 4.74 Å². The van der Waals surface area contributed by atoms with Crippen LogP contribution in [-0.2, 0) is 9.59 Å². The van der Waals surface area contributed by atoms with Gasteiger partial charge in [0.2, 0.25) is 0 Å². The summed E-state index contributed by atoms with van der Waals surface area (Å²) in [6, 6.07) is 4.17. The number of amides is 1. The summed E-state index contributed by atoms with van der Waals surface area (Å²) >= 11 is 3.15. The van der Waals surface area contributed by atoms with E-state index < -0.39 is 4.92 Å². The van der Waals surface area contributed by atoms with Gasteiger partial charge >= 0.3 is 0 Å². The Morgan fingerprint density at radius 3 is 2.62 bits per heavy atom. The first-order valence-electron chi connectivity index (χ1n) is 6.33. The normalized spacial score (nSPS) is 14.9. The number of Topliss-reactive ketones (excluding diaryl/α,β-unsaturated/α-hetero) is 1. The molecule has 112 valence electrons. The number of halogens is 1. The fourth-order valence-corrected chi connectivity index (χ4v) is 2.44. The molecule has 0 saturated carbocycles. The van der Waals surface area contributed by atoms with Gasteiger partial charge in [0.05, 0.1) is 11.0 Å². The molecule has 1 aromatic carbocycles. The van der Waals surface area contributed by atoms with Crippen molar-refractivity contribution in [3.8, 4) is 5.75 Å². The van der Waals surface area contributed by atoms with Crippen LogP contribution in [-0.4, -0.2) is 41.2 Å². The van der Waals surface area contributed by atoms with Gasteiger partial charge in [-0.3, -0.25) is 19.7 Å². The van der Waals surface area contributed by atoms with Gasteiger partial charge in [-0.05, 0) is 6.07 Å². The Bertz CT molecular complexity index is 580. The minimum Gasteiger partial charge on any atom is -0.483 e. The van der Waals surface area contributed by atoms with Crippen LogP contribution in [0.5, 0.6) is 5.75 Å². The average Bonchev–Trinajstić information content (AvgIpc) is 2.45. The monoisotopic (exact) mass is 356 g/mol. The maximum absolute atomic E-state index is 11.9. The molecule has 1 aliphatic heterocycles. The van der Waals surface area contributed by atoms with Crippen LogP contribution in [0.2, 0.25) is 0 Å². The lowest BCUT2D eigenvalue weighted by Crippen LogP contribution is -2.41. The molecular formula is C13H13BrN2O5. The van der Waals surface area contributed by atoms with Crippen molar-refractivity contribution in [1.82, 2.24) is 4.90 Å². The third kappa shape index (κ3) is 4.25. The smallest absolute Gasteiger partial charge is 0.274 e. The minimum absolute atomic E-state index is 0.115. The Hall–Kier alpha value is -1.96. The Labute approximate surface area is 129 Å². The van der Waals surface area contributed by atoms with Crippen LogP contribution in [0.1, 0.15) is 12.8 Å². The maximum atomic E-state index is 11.9. The lowest BCUT2D eigenvalue weighted by atomic mass is 10.1. The molecule has 1 amide bonds. The van der Waals surface area contributed by atoms with E-state index in [-0.39, 0.29) is 29.7 Å². The van der Waals surface area contributed by atoms with Crippen LogP contribution in [0.3, 0.4) is 0 Å². The number of benzene rings is 1. The second kappa shape index (κ2) is 6.66. The van der Waals surface area contributed by atoms with Crippen molar-refractivity contribution in [2.24, 2.45) is 0 Å². The van der Waals surface area contributed by atoms with Crippen LogP contribution in [0.15, 0.2) is 22.7 Å². The number of hydrogen-bond donors (Lipinski definition) is 0. The Morgan fingerprint density at radius 2 is 2.00 bits per heavy atom. The van der Waals surface area contributed by atoms with E-state index in [1.165, 1.54) is 12.1 Å². The van der Waals surface area contributed by atoms with Gasteiger partial charge in [0, 0.05) is 36.5 Å². The third-order valence-electron chi connectivity index (χ3n) is 3.10. The van der Waals surface area contributed by atoms with Crippen molar-refractivity contribution in [1.29, 1.82) is 0 Å². The zero-order chi connectivity index (χ0) is 15.4. The number of carbonyl (C=O) groups excluding carboxylic acids is 2. The van der Waals surface area contributed by atoms with Crippen molar-refractivity contribution in [3.05, 3.63) is 32.8 Å². The van der Waals surface area contributed by atoms with E-state index in [9.17, 15) is 19.7 Å². The second-order valence-electron chi connectivity index (χ2n) is 4.61. The molecule has 7 nitrogen and oxygen atoms in total. The predicted octanol–water partition coefficient (Wildman–Crippen LogP) is 1.93. The van der Waals surface area contributed by atoms with Gasteiger partial charge in [0.15, 0.2) is 6.61 Å². The number of piperidine rings is 1. The molecule has 21 heavy (non-hydrogen) atoms. The summed E-state index contributed by atoms with van der Waals surface area (Å²) in [7, 11) is 0. The van der Waals surface area contributed by atoms with E-state index in [2.05, 4.69) is 15.9 Å². The van der Waals surface area contributed by atoms with Gasteiger partial charge in [0.25, 0.3) is 11.6 Å². The van der Waals surface area contributed by atoms with Crippen LogP contribution in [0.4, 0.5) is 5.69 Å². The predicted molar refractivity (Wildman–Crippen MR) is 77.1 cm³/mol. The molecule has 0 bridgehead atoms. The molecule has 0 N–H and O–H groups in total. The fraction of sp³-hybridized carbons (Fsp3) is 0.385. The van der Waals surface area contributed by atoms with Crippen molar-refractivity contribution in [2.45, 2.75) is 12.8 Å². The molecule has 0 radical (unpaired) electrons. The standard InChI is InChI=1S/C13H13BrN2O5/c14-9-5-10(16(19)20)7-12(6-9)21-8-13(18)15-3-1-11(17)2-4-15/h5-7H,1-4,8H2. The number of hydrogen-bond acceptors (Lipinski definition) is 5. The van der Waals surface area contributed by atoms with E-state index in [1.54, 1.807) is 11.0 Å². The van der Waals surface area contributed by atoms with Gasteiger partial charge in [-0.25, -0.2) is 0 Å². The number of ketones is 1. The van der Waals surface area contributed by atoms with Gasteiger partial charge in [-0.2, -0.15) is 0 Å². The first-order valence-corrected chi connectivity index (χ1v) is 7.12. The second-order valence-corrected chi connectivity index (χ2v) is 5.53. The highest BCUT2D eigenvalue weighted by Gasteiger charge is 2.21. The average molecular weight is 357 g/mol. The number of non-ortho nitro benzene ring substituents is 1. The quantitative estimate of drug-likeness (QED) is 0.607. The van der Waals surface area contributed by atoms with Crippen LogP contribution < -0.4 is 4.74 Å². The summed E-state index contributed by atoms with van der Waals surface area (Å²) in [6.07, 6.45) is 0.738. The van der Waals surface area contributed by atoms with Crippen molar-refractivity contribution in [2.75, 3.05) is 19.7 Å². The number of nitrogens with zero attached hydrogens (tertiary/aromatic N) is 2. The van der Waals surface area contributed by atoms with Crippen molar-refractivity contribution in [3.63, 3.8) is 0 Å². The molecule has 0 aliphatic carbocycles. The number of rotatable bonds is 4. The zero-order valence-electron chi connectivity index (χ0n) is 11.1. The lowest BCUT2D eigenvalue weighted by molar-refractivity contribution is -0.385. The summed E-state index contributed by atoms with van der Waals surface area (Å²) in [5, 5.41) is 10.7. The largest absolute Gasteiger partial charge is 0.483 e. The summed E-state index contributed by atoms with van der Waals surface area (Å²) in [5.41, 5.74) is -0.115. The third-order valence-corrected chi connectivity index (χ3v) is 3.56. The molecule has 0 unspecified atom stereocenters. The maximum Gasteiger partial charge on any atom is 0.274 e. The van der Waals surface area contributed by atoms with E-state index >= 15 is 0 Å². The van der Waals surface area contributed by atoms with E-state index in [0.717, 1.165) is 0 Å². The van der Waals surface area contributed by atoms with E-state index in [1.807, 2.05) is 0 Å². The molecule has 0 spiro atoms. The molecule has 0 aromatic heterocycles. The highest BCUT2D eigenvalue weighted by molar-refractivity contribution is 9.10. The molecule has 1 aliphatic rings. The Morgan fingerprint density at radius 1 is 1.33 bits per heavy atom. The van der Waals surface area contributed by atoms with Crippen molar-refractivity contribution < 1.29 is 19.2 Å². The first-order chi connectivity index (χ1) is 9.95. The minimum atomic E-state index is -0.532. The summed E-state index contributed by atoms with van der Waals surface area (Å²) in [4.78, 5) is 34.8. The Kier molecular flexibility index (Phi) is 4.89. The molecule has 1 heterocycles. The topological polar surface area (TPSA) is 89.8 Å². The molecular weight excluding hydrogens is 344 g/mol. The molecule has 8 heteroatoms. The summed E-state index contributed by atoms with van der Waals surface area (Å²) < 4.78 is 5.81.